The molecule has 1 aliphatic heterocycles. The van der Waals surface area contributed by atoms with E-state index in [4.69, 9.17) is 33.5 Å². The minimum atomic E-state index is 0.0707. The van der Waals surface area contributed by atoms with Crippen molar-refractivity contribution in [1.82, 2.24) is 15.3 Å². The highest BCUT2D eigenvalue weighted by atomic mass is 35.5. The van der Waals surface area contributed by atoms with Crippen LogP contribution in [0.1, 0.15) is 51.0 Å². The minimum Gasteiger partial charge on any atom is -0.481 e. The van der Waals surface area contributed by atoms with Gasteiger partial charge < -0.3 is 20.3 Å². The highest BCUT2D eigenvalue weighted by molar-refractivity contribution is 7.80. The monoisotopic (exact) mass is 473 g/mol. The van der Waals surface area contributed by atoms with Crippen molar-refractivity contribution in [2.24, 2.45) is 5.92 Å². The fourth-order valence-electron chi connectivity index (χ4n) is 4.79. The summed E-state index contributed by atoms with van der Waals surface area (Å²) < 4.78 is 5.42. The summed E-state index contributed by atoms with van der Waals surface area (Å²) in [4.78, 5) is 11.5. The van der Waals surface area contributed by atoms with E-state index in [2.05, 4.69) is 39.6 Å². The van der Waals surface area contributed by atoms with Crippen molar-refractivity contribution in [3.8, 4) is 5.88 Å². The maximum Gasteiger partial charge on any atom is 0.234 e. The number of hydrogen-bond acceptors (Lipinski definition) is 5. The Morgan fingerprint density at radius 1 is 1.19 bits per heavy atom. The van der Waals surface area contributed by atoms with Crippen LogP contribution in [0.5, 0.6) is 5.88 Å². The van der Waals surface area contributed by atoms with Crippen LogP contribution in [0.15, 0.2) is 30.3 Å². The summed E-state index contributed by atoms with van der Waals surface area (Å²) in [6, 6.07) is 10.1. The number of hydrogen-bond donors (Lipinski definition) is 2. The molecule has 6 nitrogen and oxygen atoms in total. The van der Waals surface area contributed by atoms with E-state index in [1.807, 2.05) is 18.2 Å². The zero-order valence-electron chi connectivity index (χ0n) is 18.9. The lowest BCUT2D eigenvalue weighted by Gasteiger charge is -2.31. The van der Waals surface area contributed by atoms with Gasteiger partial charge in [-0.2, -0.15) is 9.97 Å². The van der Waals surface area contributed by atoms with Gasteiger partial charge in [0.05, 0.1) is 7.11 Å². The Morgan fingerprint density at radius 3 is 2.53 bits per heavy atom. The third-order valence-electron chi connectivity index (χ3n) is 6.84. The van der Waals surface area contributed by atoms with E-state index >= 15 is 0 Å². The summed E-state index contributed by atoms with van der Waals surface area (Å²) in [6.45, 7) is 5.05. The van der Waals surface area contributed by atoms with Crippen molar-refractivity contribution in [1.29, 1.82) is 0 Å². The molecule has 2 aromatic rings. The molecule has 1 saturated heterocycles. The smallest absolute Gasteiger partial charge is 0.234 e. The standard InChI is InChI=1S/C24H32ClN5OS/c1-17-9-13-30(14-10-17)20-15-21(31-2)28-22(27-20)29-23(32)26-16-24(11-3-4-12-24)18-5-7-19(25)8-6-18/h5-8,15,17H,3-4,9-14,16H2,1-2H3,(H2,26,27,28,29,32). The van der Waals surface area contributed by atoms with Gasteiger partial charge in [-0.25, -0.2) is 0 Å². The molecule has 1 aromatic heterocycles. The van der Waals surface area contributed by atoms with Gasteiger partial charge >= 0.3 is 0 Å². The van der Waals surface area contributed by atoms with Crippen LogP contribution in [0, 0.1) is 5.92 Å². The number of thiocarbonyl (C=S) groups is 1. The number of benzene rings is 1. The number of nitrogens with one attached hydrogen (secondary N) is 2. The van der Waals surface area contributed by atoms with Gasteiger partial charge in [-0.15, -0.1) is 0 Å². The Labute approximate surface area is 201 Å². The summed E-state index contributed by atoms with van der Waals surface area (Å²) in [5.74, 6) is 2.63. The van der Waals surface area contributed by atoms with Crippen LogP contribution in [0.25, 0.3) is 0 Å². The molecule has 2 fully saturated rings. The molecule has 1 saturated carbocycles. The van der Waals surface area contributed by atoms with Gasteiger partial charge in [0.25, 0.3) is 0 Å². The number of methoxy groups -OCH3 is 1. The summed E-state index contributed by atoms with van der Waals surface area (Å²) in [7, 11) is 1.63. The molecular formula is C24H32ClN5OS. The lowest BCUT2D eigenvalue weighted by Crippen LogP contribution is -2.41. The molecule has 172 valence electrons. The van der Waals surface area contributed by atoms with Crippen LogP contribution >= 0.6 is 23.8 Å². The predicted molar refractivity (Wildman–Crippen MR) is 135 cm³/mol. The molecule has 0 radical (unpaired) electrons. The van der Waals surface area contributed by atoms with Crippen LogP contribution in [0.4, 0.5) is 11.8 Å². The van der Waals surface area contributed by atoms with Gasteiger partial charge in [-0.1, -0.05) is 43.5 Å². The highest BCUT2D eigenvalue weighted by Gasteiger charge is 2.35. The largest absolute Gasteiger partial charge is 0.481 e. The van der Waals surface area contributed by atoms with Crippen molar-refractivity contribution in [3.05, 3.63) is 40.9 Å². The quantitative estimate of drug-likeness (QED) is 0.561. The molecule has 2 aliphatic rings. The van der Waals surface area contributed by atoms with E-state index in [1.165, 1.54) is 31.2 Å². The summed E-state index contributed by atoms with van der Waals surface area (Å²) in [5, 5.41) is 7.89. The molecule has 0 unspecified atom stereocenters. The Balaban J connectivity index is 1.43. The number of ether oxygens (including phenoxy) is 1. The van der Waals surface area contributed by atoms with Crippen molar-refractivity contribution < 1.29 is 4.74 Å². The molecule has 8 heteroatoms. The predicted octanol–water partition coefficient (Wildman–Crippen LogP) is 5.17. The van der Waals surface area contributed by atoms with Gasteiger partial charge in [0, 0.05) is 36.1 Å². The lowest BCUT2D eigenvalue weighted by atomic mass is 9.79. The molecule has 0 atom stereocenters. The second-order valence-electron chi connectivity index (χ2n) is 9.06. The van der Waals surface area contributed by atoms with Gasteiger partial charge in [-0.05, 0) is 61.5 Å². The first kappa shape index (κ1) is 23.1. The maximum atomic E-state index is 6.11. The number of halogens is 1. The van der Waals surface area contributed by atoms with Crippen molar-refractivity contribution in [2.75, 3.05) is 37.0 Å². The molecular weight excluding hydrogens is 442 g/mol. The van der Waals surface area contributed by atoms with Crippen molar-refractivity contribution >= 4 is 40.7 Å². The van der Waals surface area contributed by atoms with Gasteiger partial charge in [0.1, 0.15) is 5.82 Å². The molecule has 2 heterocycles. The zero-order valence-corrected chi connectivity index (χ0v) is 20.4. The Morgan fingerprint density at radius 2 is 1.88 bits per heavy atom. The molecule has 32 heavy (non-hydrogen) atoms. The molecule has 0 spiro atoms. The van der Waals surface area contributed by atoms with Crippen LogP contribution in [-0.4, -0.2) is 41.8 Å². The molecule has 0 amide bonds. The Bertz CT molecular complexity index is 924. The highest BCUT2D eigenvalue weighted by Crippen LogP contribution is 2.41. The fraction of sp³-hybridized carbons (Fsp3) is 0.542. The van der Waals surface area contributed by atoms with E-state index in [1.54, 1.807) is 7.11 Å². The van der Waals surface area contributed by atoms with E-state index in [0.29, 0.717) is 16.9 Å². The van der Waals surface area contributed by atoms with Crippen LogP contribution in [-0.2, 0) is 5.41 Å². The summed E-state index contributed by atoms with van der Waals surface area (Å²) in [6.07, 6.45) is 7.06. The number of rotatable bonds is 6. The Kier molecular flexibility index (Phi) is 7.36. The number of piperidine rings is 1. The zero-order chi connectivity index (χ0) is 22.6. The Hall–Kier alpha value is -2.12. The SMILES string of the molecule is COc1cc(N2CCC(C)CC2)nc(NC(=S)NCC2(c3ccc(Cl)cc3)CCCC2)n1. The molecule has 2 N–H and O–H groups in total. The van der Waals surface area contributed by atoms with Gasteiger partial charge in [-0.3, -0.25) is 0 Å². The second kappa shape index (κ2) is 10.2. The first-order chi connectivity index (χ1) is 15.5. The first-order valence-electron chi connectivity index (χ1n) is 11.5. The van der Waals surface area contributed by atoms with Gasteiger partial charge in [0.15, 0.2) is 5.11 Å². The lowest BCUT2D eigenvalue weighted by molar-refractivity contribution is 0.396. The number of nitrogens with zero attached hydrogens (tertiary/aromatic N) is 3. The van der Waals surface area contributed by atoms with Gasteiger partial charge in [0.2, 0.25) is 11.8 Å². The molecule has 0 bridgehead atoms. The van der Waals surface area contributed by atoms with E-state index < -0.39 is 0 Å². The molecule has 1 aromatic carbocycles. The first-order valence-corrected chi connectivity index (χ1v) is 12.2. The second-order valence-corrected chi connectivity index (χ2v) is 9.91. The van der Waals surface area contributed by atoms with Crippen LogP contribution in [0.2, 0.25) is 5.02 Å². The average molecular weight is 474 g/mol. The third kappa shape index (κ3) is 5.44. The molecule has 1 aliphatic carbocycles. The minimum absolute atomic E-state index is 0.0707. The summed E-state index contributed by atoms with van der Waals surface area (Å²) >= 11 is 11.7. The number of aromatic nitrogens is 2. The van der Waals surface area contributed by atoms with Crippen molar-refractivity contribution in [2.45, 2.75) is 50.9 Å². The normalized spacial score (nSPS) is 18.4. The number of anilines is 2. The van der Waals surface area contributed by atoms with Crippen molar-refractivity contribution in [3.63, 3.8) is 0 Å². The van der Waals surface area contributed by atoms with E-state index in [-0.39, 0.29) is 5.41 Å². The maximum absolute atomic E-state index is 6.11. The fourth-order valence-corrected chi connectivity index (χ4v) is 5.08. The van der Waals surface area contributed by atoms with Crippen LogP contribution < -0.4 is 20.3 Å². The molecule has 4 rings (SSSR count). The topological polar surface area (TPSA) is 62.3 Å². The van der Waals surface area contributed by atoms with Crippen LogP contribution in [0.3, 0.4) is 0 Å². The van der Waals surface area contributed by atoms with E-state index in [0.717, 1.165) is 49.2 Å². The average Bonchev–Trinajstić information content (AvgIpc) is 3.28. The third-order valence-corrected chi connectivity index (χ3v) is 7.33. The van der Waals surface area contributed by atoms with E-state index in [9.17, 15) is 0 Å². The summed E-state index contributed by atoms with van der Waals surface area (Å²) in [5.41, 5.74) is 1.38.